The molecule has 0 radical (unpaired) electrons. The number of hydrogen-bond donors (Lipinski definition) is 5. The lowest BCUT2D eigenvalue weighted by atomic mass is 9.98. The Kier molecular flexibility index (Phi) is 12.6. The van der Waals surface area contributed by atoms with Crippen molar-refractivity contribution in [2.45, 2.75) is 64.5 Å². The van der Waals surface area contributed by atoms with E-state index in [0.717, 1.165) is 19.3 Å². The van der Waals surface area contributed by atoms with Crippen LogP contribution in [0.15, 0.2) is 0 Å². The van der Waals surface area contributed by atoms with Gasteiger partial charge in [-0.25, -0.2) is 0 Å². The SMILES string of the molecule is CC(C)C[C@H](N)[C@@H](O)CC(=O)NCCCCCC(=O)NCCO. The Labute approximate surface area is 139 Å². The van der Waals surface area contributed by atoms with Crippen LogP contribution in [0.25, 0.3) is 0 Å². The van der Waals surface area contributed by atoms with E-state index in [2.05, 4.69) is 10.6 Å². The van der Waals surface area contributed by atoms with Crippen LogP contribution in [-0.2, 0) is 9.59 Å². The van der Waals surface area contributed by atoms with E-state index in [4.69, 9.17) is 10.8 Å². The second kappa shape index (κ2) is 13.3. The predicted molar refractivity (Wildman–Crippen MR) is 89.6 cm³/mol. The van der Waals surface area contributed by atoms with Gasteiger partial charge in [0.15, 0.2) is 0 Å². The Morgan fingerprint density at radius 1 is 1.04 bits per heavy atom. The summed E-state index contributed by atoms with van der Waals surface area (Å²) < 4.78 is 0. The van der Waals surface area contributed by atoms with Gasteiger partial charge in [-0.2, -0.15) is 0 Å². The number of aliphatic hydroxyl groups excluding tert-OH is 2. The molecule has 0 saturated heterocycles. The Bertz CT molecular complexity index is 337. The molecule has 0 aliphatic carbocycles. The van der Waals surface area contributed by atoms with E-state index in [0.29, 0.717) is 25.3 Å². The van der Waals surface area contributed by atoms with Crippen LogP contribution in [0.5, 0.6) is 0 Å². The zero-order chi connectivity index (χ0) is 17.7. The number of nitrogens with two attached hydrogens (primary N) is 1. The summed E-state index contributed by atoms with van der Waals surface area (Å²) in [7, 11) is 0. The fourth-order valence-corrected chi connectivity index (χ4v) is 2.21. The van der Waals surface area contributed by atoms with Crippen LogP contribution in [0.1, 0.15) is 52.4 Å². The average Bonchev–Trinajstić information content (AvgIpc) is 2.47. The van der Waals surface area contributed by atoms with Crippen molar-refractivity contribution in [1.82, 2.24) is 10.6 Å². The molecule has 0 unspecified atom stereocenters. The molecule has 0 saturated carbocycles. The van der Waals surface area contributed by atoms with Crippen LogP contribution in [-0.4, -0.2) is 53.9 Å². The second-order valence-corrected chi connectivity index (χ2v) is 6.30. The molecule has 0 aromatic carbocycles. The molecule has 2 amide bonds. The maximum absolute atomic E-state index is 11.7. The first-order valence-corrected chi connectivity index (χ1v) is 8.44. The molecular formula is C16H33N3O4. The van der Waals surface area contributed by atoms with Gasteiger partial charge in [0.25, 0.3) is 0 Å². The van der Waals surface area contributed by atoms with Crippen LogP contribution in [0.2, 0.25) is 0 Å². The van der Waals surface area contributed by atoms with Gasteiger partial charge in [0.05, 0.1) is 19.1 Å². The Hall–Kier alpha value is -1.18. The standard InChI is InChI=1S/C16H33N3O4/c1-12(2)10-13(17)14(21)11-16(23)18-7-5-3-4-6-15(22)19-8-9-20/h12-14,20-21H,3-11,17H2,1-2H3,(H,18,23)(H,19,22)/t13-,14-/m0/s1. The monoisotopic (exact) mass is 331 g/mol. The summed E-state index contributed by atoms with van der Waals surface area (Å²) in [5.74, 6) is 0.125. The highest BCUT2D eigenvalue weighted by molar-refractivity contribution is 5.76. The molecular weight excluding hydrogens is 298 g/mol. The highest BCUT2D eigenvalue weighted by Gasteiger charge is 2.19. The molecule has 0 aromatic heterocycles. The van der Waals surface area contributed by atoms with Crippen molar-refractivity contribution in [1.29, 1.82) is 0 Å². The Morgan fingerprint density at radius 2 is 1.70 bits per heavy atom. The summed E-state index contributed by atoms with van der Waals surface area (Å²) in [5.41, 5.74) is 5.84. The van der Waals surface area contributed by atoms with Crippen LogP contribution in [0.4, 0.5) is 0 Å². The van der Waals surface area contributed by atoms with Gasteiger partial charge in [-0.15, -0.1) is 0 Å². The van der Waals surface area contributed by atoms with Gasteiger partial charge < -0.3 is 26.6 Å². The number of nitrogens with one attached hydrogen (secondary N) is 2. The van der Waals surface area contributed by atoms with E-state index in [9.17, 15) is 14.7 Å². The lowest BCUT2D eigenvalue weighted by Gasteiger charge is -2.20. The van der Waals surface area contributed by atoms with E-state index < -0.39 is 6.10 Å². The maximum atomic E-state index is 11.7. The molecule has 0 heterocycles. The van der Waals surface area contributed by atoms with Crippen LogP contribution >= 0.6 is 0 Å². The molecule has 23 heavy (non-hydrogen) atoms. The van der Waals surface area contributed by atoms with Crippen LogP contribution in [0.3, 0.4) is 0 Å². The van der Waals surface area contributed by atoms with Gasteiger partial charge >= 0.3 is 0 Å². The summed E-state index contributed by atoms with van der Waals surface area (Å²) >= 11 is 0. The molecule has 136 valence electrons. The molecule has 7 heteroatoms. The number of carbonyl (C=O) groups is 2. The number of carbonyl (C=O) groups excluding carboxylic acids is 2. The van der Waals surface area contributed by atoms with Gasteiger partial charge in [0, 0.05) is 25.6 Å². The lowest BCUT2D eigenvalue weighted by Crippen LogP contribution is -2.39. The number of hydrogen-bond acceptors (Lipinski definition) is 5. The molecule has 0 spiro atoms. The Morgan fingerprint density at radius 3 is 2.30 bits per heavy atom. The smallest absolute Gasteiger partial charge is 0.222 e. The molecule has 6 N–H and O–H groups in total. The topological polar surface area (TPSA) is 125 Å². The van der Waals surface area contributed by atoms with E-state index in [1.54, 1.807) is 0 Å². The van der Waals surface area contributed by atoms with Gasteiger partial charge in [-0.05, 0) is 25.2 Å². The number of rotatable bonds is 13. The van der Waals surface area contributed by atoms with Gasteiger partial charge in [-0.1, -0.05) is 20.3 Å². The molecule has 0 fully saturated rings. The van der Waals surface area contributed by atoms with Gasteiger partial charge in [0.2, 0.25) is 11.8 Å². The van der Waals surface area contributed by atoms with Gasteiger partial charge in [-0.3, -0.25) is 9.59 Å². The summed E-state index contributed by atoms with van der Waals surface area (Å²) in [6.07, 6.45) is 2.69. The Balaban J connectivity index is 3.61. The summed E-state index contributed by atoms with van der Waals surface area (Å²) in [5, 5.41) is 23.8. The van der Waals surface area contributed by atoms with E-state index in [-0.39, 0.29) is 37.4 Å². The second-order valence-electron chi connectivity index (χ2n) is 6.30. The van der Waals surface area contributed by atoms with Crippen molar-refractivity contribution in [3.05, 3.63) is 0 Å². The first-order valence-electron chi connectivity index (χ1n) is 8.44. The summed E-state index contributed by atoms with van der Waals surface area (Å²) in [6.45, 7) is 4.82. The fourth-order valence-electron chi connectivity index (χ4n) is 2.21. The first-order chi connectivity index (χ1) is 10.9. The van der Waals surface area contributed by atoms with Crippen molar-refractivity contribution in [2.24, 2.45) is 11.7 Å². The minimum atomic E-state index is -0.812. The molecule has 0 aliphatic rings. The lowest BCUT2D eigenvalue weighted by molar-refractivity contribution is -0.123. The van der Waals surface area contributed by atoms with Gasteiger partial charge in [0.1, 0.15) is 0 Å². The first kappa shape index (κ1) is 21.8. The van der Waals surface area contributed by atoms with Crippen molar-refractivity contribution < 1.29 is 19.8 Å². The fraction of sp³-hybridized carbons (Fsp3) is 0.875. The molecule has 0 aliphatic heterocycles. The quantitative estimate of drug-likeness (QED) is 0.301. The predicted octanol–water partition coefficient (Wildman–Crippen LogP) is -0.104. The minimum absolute atomic E-state index is 0.0253. The van der Waals surface area contributed by atoms with Crippen molar-refractivity contribution in [3.8, 4) is 0 Å². The zero-order valence-corrected chi connectivity index (χ0v) is 14.4. The minimum Gasteiger partial charge on any atom is -0.395 e. The highest BCUT2D eigenvalue weighted by atomic mass is 16.3. The van der Waals surface area contributed by atoms with Crippen molar-refractivity contribution in [3.63, 3.8) is 0 Å². The third kappa shape index (κ3) is 13.0. The van der Waals surface area contributed by atoms with Crippen LogP contribution < -0.4 is 16.4 Å². The molecule has 2 atom stereocenters. The highest BCUT2D eigenvalue weighted by Crippen LogP contribution is 2.08. The summed E-state index contributed by atoms with van der Waals surface area (Å²) in [6, 6.07) is -0.377. The zero-order valence-electron chi connectivity index (χ0n) is 14.4. The van der Waals surface area contributed by atoms with E-state index in [1.807, 2.05) is 13.8 Å². The normalized spacial score (nSPS) is 13.7. The van der Waals surface area contributed by atoms with Crippen molar-refractivity contribution >= 4 is 11.8 Å². The number of unbranched alkanes of at least 4 members (excludes halogenated alkanes) is 2. The number of aliphatic hydroxyl groups is 2. The van der Waals surface area contributed by atoms with Crippen molar-refractivity contribution in [2.75, 3.05) is 19.7 Å². The maximum Gasteiger partial charge on any atom is 0.222 e. The average molecular weight is 331 g/mol. The van der Waals surface area contributed by atoms with E-state index >= 15 is 0 Å². The van der Waals surface area contributed by atoms with Crippen LogP contribution in [0, 0.1) is 5.92 Å². The van der Waals surface area contributed by atoms with E-state index in [1.165, 1.54) is 0 Å². The molecule has 7 nitrogen and oxygen atoms in total. The number of amides is 2. The third-order valence-corrected chi connectivity index (χ3v) is 3.47. The molecule has 0 bridgehead atoms. The molecule has 0 rings (SSSR count). The third-order valence-electron chi connectivity index (χ3n) is 3.47. The molecule has 0 aromatic rings. The largest absolute Gasteiger partial charge is 0.395 e. The summed E-state index contributed by atoms with van der Waals surface area (Å²) in [4.78, 5) is 23.0.